The summed E-state index contributed by atoms with van der Waals surface area (Å²) in [6, 6.07) is 10.8. The van der Waals surface area contributed by atoms with E-state index in [0.717, 1.165) is 15.1 Å². The van der Waals surface area contributed by atoms with E-state index in [4.69, 9.17) is 4.74 Å². The first kappa shape index (κ1) is 17.3. The number of fused-ring (bicyclic) bond motifs is 1. The minimum absolute atomic E-state index is 0.201. The van der Waals surface area contributed by atoms with Crippen molar-refractivity contribution in [2.45, 2.75) is 39.3 Å². The average Bonchev–Trinajstić information content (AvgIpc) is 3.07. The zero-order valence-electron chi connectivity index (χ0n) is 14.3. The molecule has 25 heavy (non-hydrogen) atoms. The van der Waals surface area contributed by atoms with Crippen molar-refractivity contribution in [3.63, 3.8) is 0 Å². The van der Waals surface area contributed by atoms with Crippen LogP contribution in [0.3, 0.4) is 0 Å². The second kappa shape index (κ2) is 7.14. The van der Waals surface area contributed by atoms with Gasteiger partial charge in [0.05, 0.1) is 11.5 Å². The third-order valence-electron chi connectivity index (χ3n) is 4.04. The van der Waals surface area contributed by atoms with E-state index in [0.29, 0.717) is 16.6 Å². The van der Waals surface area contributed by atoms with Gasteiger partial charge in [-0.2, -0.15) is 4.68 Å². The predicted octanol–water partition coefficient (Wildman–Crippen LogP) is 3.42. The molecule has 0 radical (unpaired) electrons. The van der Waals surface area contributed by atoms with Crippen LogP contribution in [0.2, 0.25) is 0 Å². The third-order valence-corrected chi connectivity index (χ3v) is 5.11. The Morgan fingerprint density at radius 2 is 2.00 bits per heavy atom. The van der Waals surface area contributed by atoms with Crippen molar-refractivity contribution in [2.24, 2.45) is 0 Å². The number of benzene rings is 1. The Kier molecular flexibility index (Phi) is 4.94. The summed E-state index contributed by atoms with van der Waals surface area (Å²) in [5.74, 6) is -0.483. The molecule has 0 aliphatic heterocycles. The summed E-state index contributed by atoms with van der Waals surface area (Å²) in [6.45, 7) is 5.33. The Morgan fingerprint density at radius 3 is 2.68 bits per heavy atom. The fraction of sp³-hybridized carbons (Fsp3) is 0.333. The molecule has 0 amide bonds. The molecule has 0 saturated carbocycles. The molecule has 2 heterocycles. The number of nitrogens with zero attached hydrogens (tertiary/aromatic N) is 3. The molecule has 0 saturated heterocycles. The molecule has 0 aliphatic rings. The van der Waals surface area contributed by atoms with E-state index >= 15 is 0 Å². The van der Waals surface area contributed by atoms with E-state index in [9.17, 15) is 9.59 Å². The third kappa shape index (κ3) is 3.46. The molecule has 0 fully saturated rings. The van der Waals surface area contributed by atoms with Crippen LogP contribution in [0.5, 0.6) is 0 Å². The number of hydrogen-bond donors (Lipinski definition) is 0. The van der Waals surface area contributed by atoms with Gasteiger partial charge >= 0.3 is 5.97 Å². The standard InChI is InChI=1S/C18H19N3O3S/c1-4-11(2)24-18(23)12(3)21-17(22)14-10-15(25-16(14)19-20-21)13-8-6-5-7-9-13/h5-12H,4H2,1-3H3/t11-,12+/m1/s1. The Hall–Kier alpha value is -2.54. The van der Waals surface area contributed by atoms with Gasteiger partial charge in [-0.15, -0.1) is 16.4 Å². The van der Waals surface area contributed by atoms with E-state index in [1.54, 1.807) is 13.0 Å². The summed E-state index contributed by atoms with van der Waals surface area (Å²) in [4.78, 5) is 26.4. The fourth-order valence-electron chi connectivity index (χ4n) is 2.34. The molecule has 2 aromatic heterocycles. The average molecular weight is 357 g/mol. The second-order valence-electron chi connectivity index (χ2n) is 5.87. The lowest BCUT2D eigenvalue weighted by molar-refractivity contribution is -0.152. The smallest absolute Gasteiger partial charge is 0.331 e. The molecule has 0 bridgehead atoms. The van der Waals surface area contributed by atoms with Gasteiger partial charge in [0.2, 0.25) is 0 Å². The van der Waals surface area contributed by atoms with E-state index < -0.39 is 12.0 Å². The summed E-state index contributed by atoms with van der Waals surface area (Å²) < 4.78 is 6.39. The molecule has 0 unspecified atom stereocenters. The Labute approximate surface area is 149 Å². The molecular formula is C18H19N3O3S. The molecule has 0 spiro atoms. The Bertz CT molecular complexity index is 949. The zero-order valence-corrected chi connectivity index (χ0v) is 15.1. The normalized spacial score (nSPS) is 13.6. The first-order valence-corrected chi connectivity index (χ1v) is 8.97. The molecule has 3 aromatic rings. The molecule has 0 aliphatic carbocycles. The quantitative estimate of drug-likeness (QED) is 0.654. The lowest BCUT2D eigenvalue weighted by Gasteiger charge is -2.15. The number of carbonyl (C=O) groups is 1. The predicted molar refractivity (Wildman–Crippen MR) is 97.7 cm³/mol. The summed E-state index contributed by atoms with van der Waals surface area (Å²) in [5.41, 5.74) is 0.678. The topological polar surface area (TPSA) is 74.1 Å². The largest absolute Gasteiger partial charge is 0.461 e. The molecule has 1 aromatic carbocycles. The van der Waals surface area contributed by atoms with Crippen molar-refractivity contribution in [3.05, 3.63) is 46.8 Å². The maximum Gasteiger partial charge on any atom is 0.331 e. The monoisotopic (exact) mass is 357 g/mol. The van der Waals surface area contributed by atoms with E-state index in [1.807, 2.05) is 44.2 Å². The van der Waals surface area contributed by atoms with Gasteiger partial charge in [0.15, 0.2) is 10.9 Å². The van der Waals surface area contributed by atoms with E-state index in [-0.39, 0.29) is 11.7 Å². The number of aromatic nitrogens is 3. The number of esters is 1. The van der Waals surface area contributed by atoms with E-state index in [1.165, 1.54) is 11.3 Å². The Balaban J connectivity index is 1.97. The molecule has 130 valence electrons. The Morgan fingerprint density at radius 1 is 1.28 bits per heavy atom. The first-order chi connectivity index (χ1) is 12.0. The van der Waals surface area contributed by atoms with Crippen LogP contribution in [-0.2, 0) is 9.53 Å². The van der Waals surface area contributed by atoms with Gasteiger partial charge in [-0.05, 0) is 31.9 Å². The van der Waals surface area contributed by atoms with Crippen molar-refractivity contribution >= 4 is 27.5 Å². The van der Waals surface area contributed by atoms with Crippen LogP contribution in [0, 0.1) is 0 Å². The highest BCUT2D eigenvalue weighted by atomic mass is 32.1. The lowest BCUT2D eigenvalue weighted by atomic mass is 10.2. The van der Waals surface area contributed by atoms with Gasteiger partial charge in [-0.3, -0.25) is 4.79 Å². The zero-order chi connectivity index (χ0) is 18.0. The molecule has 7 heteroatoms. The molecule has 0 N–H and O–H groups in total. The summed E-state index contributed by atoms with van der Waals surface area (Å²) in [6.07, 6.45) is 0.511. The highest BCUT2D eigenvalue weighted by molar-refractivity contribution is 7.21. The minimum Gasteiger partial charge on any atom is -0.461 e. The SMILES string of the molecule is CC[C@@H](C)OC(=O)[C@H](C)n1nnc2sc(-c3ccccc3)cc2c1=O. The van der Waals surface area contributed by atoms with Gasteiger partial charge in [0.1, 0.15) is 0 Å². The number of rotatable bonds is 5. The first-order valence-electron chi connectivity index (χ1n) is 8.16. The second-order valence-corrected chi connectivity index (χ2v) is 6.90. The molecule has 2 atom stereocenters. The number of thiophene rings is 1. The van der Waals surface area contributed by atoms with Crippen LogP contribution in [0.4, 0.5) is 0 Å². The van der Waals surface area contributed by atoms with Crippen LogP contribution in [-0.4, -0.2) is 27.1 Å². The van der Waals surface area contributed by atoms with Gasteiger partial charge < -0.3 is 4.74 Å². The van der Waals surface area contributed by atoms with Crippen LogP contribution >= 0.6 is 11.3 Å². The van der Waals surface area contributed by atoms with Crippen LogP contribution in [0.25, 0.3) is 20.7 Å². The lowest BCUT2D eigenvalue weighted by Crippen LogP contribution is -2.33. The number of ether oxygens (including phenoxy) is 1. The highest BCUT2D eigenvalue weighted by Gasteiger charge is 2.23. The molecular weight excluding hydrogens is 338 g/mol. The van der Waals surface area contributed by atoms with Gasteiger partial charge in [-0.1, -0.05) is 42.5 Å². The fourth-order valence-corrected chi connectivity index (χ4v) is 3.31. The molecule has 3 rings (SSSR count). The van der Waals surface area contributed by atoms with Crippen molar-refractivity contribution < 1.29 is 9.53 Å². The molecule has 6 nitrogen and oxygen atoms in total. The summed E-state index contributed by atoms with van der Waals surface area (Å²) in [5, 5.41) is 8.51. The highest BCUT2D eigenvalue weighted by Crippen LogP contribution is 2.30. The van der Waals surface area contributed by atoms with Gasteiger partial charge in [0, 0.05) is 4.88 Å². The van der Waals surface area contributed by atoms with Crippen molar-refractivity contribution in [1.29, 1.82) is 0 Å². The van der Waals surface area contributed by atoms with Crippen LogP contribution in [0.1, 0.15) is 33.2 Å². The summed E-state index contributed by atoms with van der Waals surface area (Å²) >= 11 is 1.40. The van der Waals surface area contributed by atoms with Crippen LogP contribution in [0.15, 0.2) is 41.2 Å². The van der Waals surface area contributed by atoms with Gasteiger partial charge in [-0.25, -0.2) is 4.79 Å². The van der Waals surface area contributed by atoms with Crippen molar-refractivity contribution in [1.82, 2.24) is 15.0 Å². The van der Waals surface area contributed by atoms with Crippen molar-refractivity contribution in [3.8, 4) is 10.4 Å². The number of hydrogen-bond acceptors (Lipinski definition) is 6. The summed E-state index contributed by atoms with van der Waals surface area (Å²) in [7, 11) is 0. The minimum atomic E-state index is -0.821. The van der Waals surface area contributed by atoms with Crippen LogP contribution < -0.4 is 5.56 Å². The van der Waals surface area contributed by atoms with E-state index in [2.05, 4.69) is 10.3 Å². The maximum atomic E-state index is 12.7. The number of carbonyl (C=O) groups excluding carboxylic acids is 1. The maximum absolute atomic E-state index is 12.7. The van der Waals surface area contributed by atoms with Gasteiger partial charge in [0.25, 0.3) is 5.56 Å². The van der Waals surface area contributed by atoms with Crippen molar-refractivity contribution in [2.75, 3.05) is 0 Å².